The van der Waals surface area contributed by atoms with Crippen LogP contribution in [0, 0.1) is 25.7 Å². The normalized spacial score (nSPS) is 25.6. The predicted molar refractivity (Wildman–Crippen MR) is 83.8 cm³/mol. The molecular weight excluding hydrogens is 280 g/mol. The fraction of sp³-hybridized carbons (Fsp3) is 0.688. The zero-order valence-electron chi connectivity index (χ0n) is 13.6. The van der Waals surface area contributed by atoms with Crippen LogP contribution < -0.4 is 4.90 Å². The van der Waals surface area contributed by atoms with Crippen molar-refractivity contribution in [3.63, 3.8) is 0 Å². The average molecular weight is 304 g/mol. The summed E-state index contributed by atoms with van der Waals surface area (Å²) in [6, 6.07) is 0. The van der Waals surface area contributed by atoms with Crippen molar-refractivity contribution in [1.82, 2.24) is 14.9 Å². The highest BCUT2D eigenvalue weighted by molar-refractivity contribution is 5.80. The second-order valence-corrected chi connectivity index (χ2v) is 6.36. The van der Waals surface area contributed by atoms with Crippen LogP contribution in [0.3, 0.4) is 0 Å². The van der Waals surface area contributed by atoms with Gasteiger partial charge in [0.15, 0.2) is 0 Å². The zero-order valence-corrected chi connectivity index (χ0v) is 13.6. The molecule has 1 aromatic rings. The molecule has 0 bridgehead atoms. The van der Waals surface area contributed by atoms with E-state index in [9.17, 15) is 4.79 Å². The molecule has 22 heavy (non-hydrogen) atoms. The Bertz CT molecular complexity index is 557. The SMILES string of the molecule is Cc1cnc(N2C[C@@H](C)[C@H](C(=O)N3CCOCC3)C2)nc1C. The molecule has 120 valence electrons. The number of hydrogen-bond acceptors (Lipinski definition) is 5. The summed E-state index contributed by atoms with van der Waals surface area (Å²) in [7, 11) is 0. The first-order chi connectivity index (χ1) is 10.6. The smallest absolute Gasteiger partial charge is 0.227 e. The number of nitrogens with zero attached hydrogens (tertiary/aromatic N) is 4. The number of ether oxygens (including phenoxy) is 1. The van der Waals surface area contributed by atoms with Crippen LogP contribution in [-0.2, 0) is 9.53 Å². The van der Waals surface area contributed by atoms with Crippen LogP contribution in [0.4, 0.5) is 5.95 Å². The summed E-state index contributed by atoms with van der Waals surface area (Å²) in [5, 5.41) is 0. The van der Waals surface area contributed by atoms with E-state index in [1.807, 2.05) is 24.9 Å². The maximum atomic E-state index is 12.7. The Labute approximate surface area is 131 Å². The molecule has 1 amide bonds. The third-order valence-corrected chi connectivity index (χ3v) is 4.75. The Morgan fingerprint density at radius 2 is 2.00 bits per heavy atom. The number of aryl methyl sites for hydroxylation is 2. The molecule has 3 heterocycles. The molecule has 0 N–H and O–H groups in total. The highest BCUT2D eigenvalue weighted by atomic mass is 16.5. The van der Waals surface area contributed by atoms with Crippen LogP contribution in [0.25, 0.3) is 0 Å². The summed E-state index contributed by atoms with van der Waals surface area (Å²) in [6.45, 7) is 10.4. The van der Waals surface area contributed by atoms with Crippen molar-refractivity contribution in [3.05, 3.63) is 17.5 Å². The fourth-order valence-electron chi connectivity index (χ4n) is 3.14. The maximum absolute atomic E-state index is 12.7. The molecule has 3 rings (SSSR count). The topological polar surface area (TPSA) is 58.6 Å². The Balaban J connectivity index is 1.70. The standard InChI is InChI=1S/C16H24N4O2/c1-11-8-17-16(18-13(11)3)20-9-12(2)14(10-20)15(21)19-4-6-22-7-5-19/h8,12,14H,4-7,9-10H2,1-3H3/t12-,14-/m1/s1. The summed E-state index contributed by atoms with van der Waals surface area (Å²) in [4.78, 5) is 25.8. The molecule has 2 aliphatic rings. The van der Waals surface area contributed by atoms with E-state index in [0.29, 0.717) is 38.8 Å². The van der Waals surface area contributed by atoms with Gasteiger partial charge in [-0.05, 0) is 25.3 Å². The van der Waals surface area contributed by atoms with Gasteiger partial charge in [-0.2, -0.15) is 0 Å². The van der Waals surface area contributed by atoms with Crippen LogP contribution in [-0.4, -0.2) is 60.2 Å². The van der Waals surface area contributed by atoms with Crippen molar-refractivity contribution < 1.29 is 9.53 Å². The lowest BCUT2D eigenvalue weighted by atomic mass is 9.96. The van der Waals surface area contributed by atoms with Crippen LogP contribution >= 0.6 is 0 Å². The van der Waals surface area contributed by atoms with Crippen molar-refractivity contribution in [1.29, 1.82) is 0 Å². The minimum atomic E-state index is 0.0308. The Morgan fingerprint density at radius 3 is 2.68 bits per heavy atom. The van der Waals surface area contributed by atoms with Crippen molar-refractivity contribution in [3.8, 4) is 0 Å². The third-order valence-electron chi connectivity index (χ3n) is 4.75. The second kappa shape index (κ2) is 6.20. The highest BCUT2D eigenvalue weighted by Gasteiger charge is 2.38. The maximum Gasteiger partial charge on any atom is 0.227 e. The van der Waals surface area contributed by atoms with Gasteiger partial charge in [0.2, 0.25) is 11.9 Å². The van der Waals surface area contributed by atoms with E-state index < -0.39 is 0 Å². The number of carbonyl (C=O) groups is 1. The fourth-order valence-corrected chi connectivity index (χ4v) is 3.14. The van der Waals surface area contributed by atoms with E-state index in [1.165, 1.54) is 0 Å². The highest BCUT2D eigenvalue weighted by Crippen LogP contribution is 2.28. The number of rotatable bonds is 2. The molecule has 0 aromatic carbocycles. The number of amides is 1. The monoisotopic (exact) mass is 304 g/mol. The van der Waals surface area contributed by atoms with Crippen molar-refractivity contribution >= 4 is 11.9 Å². The zero-order chi connectivity index (χ0) is 15.7. The van der Waals surface area contributed by atoms with Gasteiger partial charge >= 0.3 is 0 Å². The van der Waals surface area contributed by atoms with Crippen molar-refractivity contribution in [2.45, 2.75) is 20.8 Å². The number of morpholine rings is 1. The number of hydrogen-bond donors (Lipinski definition) is 0. The van der Waals surface area contributed by atoms with Gasteiger partial charge in [0, 0.05) is 38.1 Å². The molecule has 0 unspecified atom stereocenters. The molecule has 1 aromatic heterocycles. The number of anilines is 1. The summed E-state index contributed by atoms with van der Waals surface area (Å²) >= 11 is 0. The molecule has 6 heteroatoms. The lowest BCUT2D eigenvalue weighted by molar-refractivity contribution is -0.140. The van der Waals surface area contributed by atoms with Crippen molar-refractivity contribution in [2.75, 3.05) is 44.3 Å². The van der Waals surface area contributed by atoms with Crippen LogP contribution in [0.2, 0.25) is 0 Å². The predicted octanol–water partition coefficient (Wildman–Crippen LogP) is 1.02. The van der Waals surface area contributed by atoms with E-state index in [4.69, 9.17) is 4.74 Å². The van der Waals surface area contributed by atoms with Gasteiger partial charge < -0.3 is 14.5 Å². The Hall–Kier alpha value is -1.69. The Kier molecular flexibility index (Phi) is 4.29. The summed E-state index contributed by atoms with van der Waals surface area (Å²) in [5.74, 6) is 1.35. The number of aromatic nitrogens is 2. The Morgan fingerprint density at radius 1 is 1.27 bits per heavy atom. The molecule has 0 spiro atoms. The third kappa shape index (κ3) is 2.92. The first kappa shape index (κ1) is 15.2. The van der Waals surface area contributed by atoms with E-state index in [-0.39, 0.29) is 11.8 Å². The minimum Gasteiger partial charge on any atom is -0.378 e. The lowest BCUT2D eigenvalue weighted by Gasteiger charge is -2.30. The number of carbonyl (C=O) groups excluding carboxylic acids is 1. The van der Waals surface area contributed by atoms with Gasteiger partial charge in [0.1, 0.15) is 0 Å². The van der Waals surface area contributed by atoms with Gasteiger partial charge in [-0.15, -0.1) is 0 Å². The van der Waals surface area contributed by atoms with E-state index in [1.54, 1.807) is 0 Å². The van der Waals surface area contributed by atoms with Gasteiger partial charge in [-0.1, -0.05) is 6.92 Å². The van der Waals surface area contributed by atoms with Crippen molar-refractivity contribution in [2.24, 2.45) is 11.8 Å². The summed E-state index contributed by atoms with van der Waals surface area (Å²) in [6.07, 6.45) is 1.86. The molecule has 2 aliphatic heterocycles. The van der Waals surface area contributed by atoms with E-state index >= 15 is 0 Å². The van der Waals surface area contributed by atoms with Gasteiger partial charge in [-0.25, -0.2) is 9.97 Å². The molecule has 2 fully saturated rings. The van der Waals surface area contributed by atoms with E-state index in [2.05, 4.69) is 21.8 Å². The van der Waals surface area contributed by atoms with E-state index in [0.717, 1.165) is 23.8 Å². The molecule has 0 aliphatic carbocycles. The first-order valence-corrected chi connectivity index (χ1v) is 7.98. The molecule has 2 atom stereocenters. The molecule has 2 saturated heterocycles. The van der Waals surface area contributed by atoms with Crippen LogP contribution in [0.15, 0.2) is 6.20 Å². The average Bonchev–Trinajstić information content (AvgIpc) is 2.92. The van der Waals surface area contributed by atoms with Crippen LogP contribution in [0.1, 0.15) is 18.2 Å². The molecule has 0 radical (unpaired) electrons. The summed E-state index contributed by atoms with van der Waals surface area (Å²) < 4.78 is 5.33. The van der Waals surface area contributed by atoms with Gasteiger partial charge in [0.25, 0.3) is 0 Å². The quantitative estimate of drug-likeness (QED) is 0.816. The van der Waals surface area contributed by atoms with Gasteiger partial charge in [-0.3, -0.25) is 4.79 Å². The van der Waals surface area contributed by atoms with Gasteiger partial charge in [0.05, 0.1) is 19.1 Å². The van der Waals surface area contributed by atoms with Crippen LogP contribution in [0.5, 0.6) is 0 Å². The largest absolute Gasteiger partial charge is 0.378 e. The second-order valence-electron chi connectivity index (χ2n) is 6.36. The minimum absolute atomic E-state index is 0.0308. The summed E-state index contributed by atoms with van der Waals surface area (Å²) in [5.41, 5.74) is 2.09. The molecule has 0 saturated carbocycles. The molecular formula is C16H24N4O2. The lowest BCUT2D eigenvalue weighted by Crippen LogP contribution is -2.45. The first-order valence-electron chi connectivity index (χ1n) is 7.98. The molecule has 6 nitrogen and oxygen atoms in total.